The van der Waals surface area contributed by atoms with Gasteiger partial charge in [0, 0.05) is 12.8 Å². The van der Waals surface area contributed by atoms with Gasteiger partial charge in [-0.1, -0.05) is 179 Å². The molecule has 0 heterocycles. The van der Waals surface area contributed by atoms with Crippen LogP contribution in [0.4, 0.5) is 0 Å². The van der Waals surface area contributed by atoms with Crippen molar-refractivity contribution in [3.63, 3.8) is 0 Å². The van der Waals surface area contributed by atoms with Crippen molar-refractivity contribution >= 4 is 11.8 Å². The Morgan fingerprint density at radius 2 is 0.542 bits per heavy atom. The quantitative estimate of drug-likeness (QED) is 0.0697. The molecule has 4 heteroatoms. The summed E-state index contributed by atoms with van der Waals surface area (Å²) < 4.78 is 0. The smallest absolute Gasteiger partial charge is 0.217 e. The van der Waals surface area contributed by atoms with E-state index < -0.39 is 0 Å². The summed E-state index contributed by atoms with van der Waals surface area (Å²) in [7, 11) is 0. The van der Waals surface area contributed by atoms with E-state index in [0.717, 1.165) is 25.7 Å². The van der Waals surface area contributed by atoms with Crippen molar-refractivity contribution < 1.29 is 9.59 Å². The van der Waals surface area contributed by atoms with Gasteiger partial charge in [-0.15, -0.1) is 0 Å². The Morgan fingerprint density at radius 3 is 0.750 bits per heavy atom. The van der Waals surface area contributed by atoms with Crippen LogP contribution >= 0.6 is 0 Å². The van der Waals surface area contributed by atoms with Crippen LogP contribution in [-0.4, -0.2) is 11.8 Å². The topological polar surface area (TPSA) is 86.2 Å². The molecular formula is C44H80N2O2. The van der Waals surface area contributed by atoms with Crippen molar-refractivity contribution in [2.45, 2.75) is 232 Å². The monoisotopic (exact) mass is 669 g/mol. The molecule has 278 valence electrons. The lowest BCUT2D eigenvalue weighted by Crippen LogP contribution is -2.09. The Hall–Kier alpha value is -1.84. The van der Waals surface area contributed by atoms with Gasteiger partial charge in [0.05, 0.1) is 0 Å². The minimum absolute atomic E-state index is 0.156. The molecule has 0 aliphatic heterocycles. The standard InChI is InChI=1S/C44H80N2O2/c1-39-37-38-40(2)42(34-30-26-22-18-14-10-6-4-8-12-16-20-24-28-32-36-44(46)48)41(39)33-29-25-21-17-13-9-5-3-7-11-15-19-23-27-31-35-43(45)47/h37-38H,3-36H2,1-2H3,(H2,45,47)(H2,46,48). The van der Waals surface area contributed by atoms with Crippen LogP contribution in [0.2, 0.25) is 0 Å². The Kier molecular flexibility index (Phi) is 29.8. The Labute approximate surface area is 298 Å². The number of benzene rings is 1. The lowest BCUT2D eigenvalue weighted by Gasteiger charge is -2.16. The maximum absolute atomic E-state index is 10.8. The second kappa shape index (κ2) is 32.4. The van der Waals surface area contributed by atoms with Crippen molar-refractivity contribution in [3.05, 3.63) is 34.4 Å². The Morgan fingerprint density at radius 1 is 0.354 bits per heavy atom. The number of rotatable bonds is 36. The van der Waals surface area contributed by atoms with Gasteiger partial charge in [-0.05, 0) is 74.6 Å². The first-order chi connectivity index (χ1) is 23.4. The molecule has 0 saturated heterocycles. The predicted octanol–water partition coefficient (Wildman–Crippen LogP) is 12.8. The van der Waals surface area contributed by atoms with E-state index in [2.05, 4.69) is 26.0 Å². The normalized spacial score (nSPS) is 11.4. The number of amides is 2. The van der Waals surface area contributed by atoms with Gasteiger partial charge in [0.15, 0.2) is 0 Å². The maximum Gasteiger partial charge on any atom is 0.217 e. The number of unbranched alkanes of at least 4 members (excludes halogenated alkanes) is 28. The van der Waals surface area contributed by atoms with Gasteiger partial charge in [0.2, 0.25) is 11.8 Å². The highest BCUT2D eigenvalue weighted by molar-refractivity contribution is 5.73. The van der Waals surface area contributed by atoms with Crippen LogP contribution in [0.1, 0.15) is 228 Å². The molecule has 0 atom stereocenters. The summed E-state index contributed by atoms with van der Waals surface area (Å²) in [6, 6.07) is 4.71. The highest BCUT2D eigenvalue weighted by atomic mass is 16.1. The van der Waals surface area contributed by atoms with E-state index in [1.54, 1.807) is 11.1 Å². The number of carbonyl (C=O) groups excluding carboxylic acids is 2. The summed E-state index contributed by atoms with van der Waals surface area (Å²) in [5.41, 5.74) is 16.8. The molecule has 4 N–H and O–H groups in total. The molecule has 2 amide bonds. The summed E-state index contributed by atoms with van der Waals surface area (Å²) in [6.07, 6.45) is 43.6. The zero-order valence-corrected chi connectivity index (χ0v) is 32.2. The molecule has 0 aliphatic carbocycles. The number of hydrogen-bond donors (Lipinski definition) is 2. The minimum atomic E-state index is -0.156. The van der Waals surface area contributed by atoms with Gasteiger partial charge in [-0.3, -0.25) is 9.59 Å². The van der Waals surface area contributed by atoms with Crippen molar-refractivity contribution in [1.82, 2.24) is 0 Å². The van der Waals surface area contributed by atoms with E-state index in [-0.39, 0.29) is 11.8 Å². The van der Waals surface area contributed by atoms with Gasteiger partial charge in [0.25, 0.3) is 0 Å². The van der Waals surface area contributed by atoms with Crippen LogP contribution in [0.5, 0.6) is 0 Å². The summed E-state index contributed by atoms with van der Waals surface area (Å²) >= 11 is 0. The third-order valence-electron chi connectivity index (χ3n) is 10.6. The molecule has 0 bridgehead atoms. The van der Waals surface area contributed by atoms with Gasteiger partial charge < -0.3 is 11.5 Å². The molecule has 1 rings (SSSR count). The third-order valence-corrected chi connectivity index (χ3v) is 10.6. The highest BCUT2D eigenvalue weighted by Gasteiger charge is 2.09. The molecular weight excluding hydrogens is 588 g/mol. The van der Waals surface area contributed by atoms with Gasteiger partial charge in [0.1, 0.15) is 0 Å². The first-order valence-corrected chi connectivity index (χ1v) is 21.1. The summed E-state index contributed by atoms with van der Waals surface area (Å²) in [6.45, 7) is 4.67. The third kappa shape index (κ3) is 27.0. The molecule has 0 aliphatic rings. The minimum Gasteiger partial charge on any atom is -0.370 e. The number of hydrogen-bond acceptors (Lipinski definition) is 2. The zero-order valence-electron chi connectivity index (χ0n) is 32.2. The van der Waals surface area contributed by atoms with Gasteiger partial charge in [-0.2, -0.15) is 0 Å². The van der Waals surface area contributed by atoms with Crippen LogP contribution in [0, 0.1) is 13.8 Å². The second-order valence-corrected chi connectivity index (χ2v) is 15.2. The van der Waals surface area contributed by atoms with Crippen molar-refractivity contribution in [2.24, 2.45) is 11.5 Å². The first-order valence-electron chi connectivity index (χ1n) is 21.1. The highest BCUT2D eigenvalue weighted by Crippen LogP contribution is 2.24. The lowest BCUT2D eigenvalue weighted by atomic mass is 9.90. The van der Waals surface area contributed by atoms with E-state index in [1.807, 2.05) is 0 Å². The average Bonchev–Trinajstić information content (AvgIpc) is 3.05. The lowest BCUT2D eigenvalue weighted by molar-refractivity contribution is -0.119. The van der Waals surface area contributed by atoms with Crippen LogP contribution < -0.4 is 11.5 Å². The SMILES string of the molecule is Cc1ccc(C)c(CCCCCCCCCCCCCCCCCC(N)=O)c1CCCCCCCCCCCCCCCCCC(N)=O. The summed E-state index contributed by atoms with van der Waals surface area (Å²) in [5, 5.41) is 0. The number of carbonyl (C=O) groups is 2. The summed E-state index contributed by atoms with van der Waals surface area (Å²) in [5.74, 6) is -0.312. The fourth-order valence-corrected chi connectivity index (χ4v) is 7.42. The molecule has 4 nitrogen and oxygen atoms in total. The second-order valence-electron chi connectivity index (χ2n) is 15.2. The number of nitrogens with two attached hydrogens (primary N) is 2. The molecule has 1 aromatic rings. The van der Waals surface area contributed by atoms with Gasteiger partial charge >= 0.3 is 0 Å². The molecule has 48 heavy (non-hydrogen) atoms. The molecule has 0 unspecified atom stereocenters. The van der Waals surface area contributed by atoms with Crippen molar-refractivity contribution in [3.8, 4) is 0 Å². The molecule has 0 radical (unpaired) electrons. The fourth-order valence-electron chi connectivity index (χ4n) is 7.42. The molecule has 0 fully saturated rings. The molecule has 1 aromatic carbocycles. The Bertz CT molecular complexity index is 838. The van der Waals surface area contributed by atoms with Crippen LogP contribution in [0.25, 0.3) is 0 Å². The summed E-state index contributed by atoms with van der Waals surface area (Å²) in [4.78, 5) is 21.5. The maximum atomic E-state index is 10.8. The number of primary amides is 2. The van der Waals surface area contributed by atoms with Crippen molar-refractivity contribution in [1.29, 1.82) is 0 Å². The average molecular weight is 669 g/mol. The fraction of sp³-hybridized carbons (Fsp3) is 0.818. The predicted molar refractivity (Wildman–Crippen MR) is 209 cm³/mol. The van der Waals surface area contributed by atoms with E-state index in [4.69, 9.17) is 11.5 Å². The van der Waals surface area contributed by atoms with E-state index in [0.29, 0.717) is 12.8 Å². The van der Waals surface area contributed by atoms with Crippen LogP contribution in [-0.2, 0) is 22.4 Å². The first kappa shape index (κ1) is 44.2. The largest absolute Gasteiger partial charge is 0.370 e. The Balaban J connectivity index is 1.99. The molecule has 0 saturated carbocycles. The van der Waals surface area contributed by atoms with Crippen molar-refractivity contribution in [2.75, 3.05) is 0 Å². The van der Waals surface area contributed by atoms with Crippen LogP contribution in [0.3, 0.4) is 0 Å². The molecule has 0 aromatic heterocycles. The van der Waals surface area contributed by atoms with E-state index in [1.165, 1.54) is 191 Å². The van der Waals surface area contributed by atoms with Gasteiger partial charge in [-0.25, -0.2) is 0 Å². The molecule has 0 spiro atoms. The van der Waals surface area contributed by atoms with E-state index >= 15 is 0 Å². The number of aryl methyl sites for hydroxylation is 2. The zero-order chi connectivity index (χ0) is 34.9. The van der Waals surface area contributed by atoms with Crippen LogP contribution in [0.15, 0.2) is 12.1 Å². The van der Waals surface area contributed by atoms with E-state index in [9.17, 15) is 9.59 Å².